The van der Waals surface area contributed by atoms with E-state index in [9.17, 15) is 26.3 Å². The molecule has 16 heteroatoms. The van der Waals surface area contributed by atoms with E-state index in [2.05, 4.69) is 54.2 Å². The first-order valence-corrected chi connectivity index (χ1v) is 18.3. The second-order valence-corrected chi connectivity index (χ2v) is 13.7. The van der Waals surface area contributed by atoms with Gasteiger partial charge in [0.1, 0.15) is 11.4 Å². The number of pyridine rings is 4. The molecule has 0 saturated heterocycles. The van der Waals surface area contributed by atoms with Crippen molar-refractivity contribution in [2.45, 2.75) is 58.3 Å². The summed E-state index contributed by atoms with van der Waals surface area (Å²) in [7, 11) is 0. The zero-order valence-electron chi connectivity index (χ0n) is 30.0. The Bertz CT molecular complexity index is 2160. The topological polar surface area (TPSA) is 106 Å². The summed E-state index contributed by atoms with van der Waals surface area (Å²) in [6.45, 7) is 4.31. The fourth-order valence-corrected chi connectivity index (χ4v) is 6.78. The second-order valence-electron chi connectivity index (χ2n) is 12.6. The predicted octanol–water partition coefficient (Wildman–Crippen LogP) is 10.8. The van der Waals surface area contributed by atoms with E-state index in [1.165, 1.54) is 11.3 Å². The van der Waals surface area contributed by atoms with Crippen molar-refractivity contribution in [3.63, 3.8) is 0 Å². The summed E-state index contributed by atoms with van der Waals surface area (Å²) in [5.41, 5.74) is 1.46. The fourth-order valence-electron chi connectivity index (χ4n) is 5.67. The van der Waals surface area contributed by atoms with E-state index >= 15 is 0 Å². The summed E-state index contributed by atoms with van der Waals surface area (Å²) in [5, 5.41) is 13.6. The van der Waals surface area contributed by atoms with Gasteiger partial charge in [0.2, 0.25) is 0 Å². The van der Waals surface area contributed by atoms with Gasteiger partial charge in [-0.3, -0.25) is 15.0 Å². The predicted molar refractivity (Wildman–Crippen MR) is 198 cm³/mol. The summed E-state index contributed by atoms with van der Waals surface area (Å²) >= 11 is 1.53. The van der Waals surface area contributed by atoms with Gasteiger partial charge in [-0.1, -0.05) is 69.1 Å². The van der Waals surface area contributed by atoms with Gasteiger partial charge < -0.3 is 20.4 Å². The van der Waals surface area contributed by atoms with Gasteiger partial charge >= 0.3 is 31.8 Å². The number of nitrogens with zero attached hydrogens (tertiary/aromatic N) is 8. The van der Waals surface area contributed by atoms with Gasteiger partial charge in [-0.2, -0.15) is 26.3 Å². The molecule has 0 radical (unpaired) electrons. The maximum atomic E-state index is 13.1. The zero-order valence-corrected chi connectivity index (χ0v) is 32.6. The standard InChI is InChI=1S/C25H23F6N5S.C15H11N3.Ru/c1-3-5-6-14(4-2)9-16-7-8-21(37-16)15-10-17(19-12-22(35-33-19)24(26,27)28)32-18(11-15)20-13-23(36-34-20)25(29,30)31;1-3-10-16-12(6-1)14-8-5-9-15(18-14)13-7-2-4-11-17-13;/h7-8,10-14H,3-6,9H2,1-2H3;1-11H;/q-2;;+2. The SMILES string of the molecule is CCCCC(CC)Cc1ccc(-c2cc(-c3cc(C(F)(F)F)n[n-]3)nc(-c3cc(C(F)(F)F)n[n-]3)c2)s1.[Ru+2].c1ccc(-c2cccc(-c3ccccn3)n2)nc1. The Balaban J connectivity index is 0.000000263. The van der Waals surface area contributed by atoms with E-state index < -0.39 is 23.7 Å². The third kappa shape index (κ3) is 10.8. The van der Waals surface area contributed by atoms with E-state index in [1.807, 2.05) is 66.7 Å². The largest absolute Gasteiger partial charge is 2.00 e. The average Bonchev–Trinajstić information content (AvgIpc) is 3.99. The minimum Gasteiger partial charge on any atom is -0.573 e. The summed E-state index contributed by atoms with van der Waals surface area (Å²) in [6, 6.07) is 26.0. The number of alkyl halides is 6. The van der Waals surface area contributed by atoms with Crippen LogP contribution >= 0.6 is 11.3 Å². The first-order valence-electron chi connectivity index (χ1n) is 17.5. The van der Waals surface area contributed by atoms with Crippen molar-refractivity contribution in [2.75, 3.05) is 0 Å². The molecular formula is C40H34F6N8RuS. The van der Waals surface area contributed by atoms with Crippen LogP contribution in [0.25, 0.3) is 56.0 Å². The van der Waals surface area contributed by atoms with Crippen LogP contribution in [0.2, 0.25) is 0 Å². The molecule has 290 valence electrons. The van der Waals surface area contributed by atoms with Crippen molar-refractivity contribution in [2.24, 2.45) is 5.92 Å². The fraction of sp³-hybridized carbons (Fsp3) is 0.250. The normalized spacial score (nSPS) is 12.1. The number of aromatic nitrogens is 8. The van der Waals surface area contributed by atoms with Crippen LogP contribution in [0, 0.1) is 5.92 Å². The monoisotopic (exact) mass is 874 g/mol. The Morgan fingerprint density at radius 1 is 0.625 bits per heavy atom. The Hall–Kier alpha value is -5.08. The molecule has 0 aromatic carbocycles. The number of hydrogen-bond acceptors (Lipinski definition) is 7. The first kappa shape index (κ1) is 42.1. The quantitative estimate of drug-likeness (QED) is 0.0935. The molecule has 0 amide bonds. The number of thiophene rings is 1. The molecule has 1 unspecified atom stereocenters. The van der Waals surface area contributed by atoms with Crippen LogP contribution in [0.5, 0.6) is 0 Å². The van der Waals surface area contributed by atoms with Gasteiger partial charge in [-0.25, -0.2) is 4.98 Å². The average molecular weight is 874 g/mol. The molecule has 0 aliphatic heterocycles. The van der Waals surface area contributed by atoms with Gasteiger partial charge in [-0.05, 0) is 90.7 Å². The molecule has 7 rings (SSSR count). The molecule has 7 heterocycles. The molecule has 0 N–H and O–H groups in total. The van der Waals surface area contributed by atoms with Crippen molar-refractivity contribution in [3.8, 4) is 56.0 Å². The summed E-state index contributed by atoms with van der Waals surface area (Å²) in [4.78, 5) is 19.4. The second kappa shape index (κ2) is 18.7. The number of unbranched alkanes of at least 4 members (excludes halogenated alkanes) is 1. The van der Waals surface area contributed by atoms with Gasteiger partial charge in [0.15, 0.2) is 0 Å². The molecule has 7 aromatic rings. The van der Waals surface area contributed by atoms with Crippen molar-refractivity contribution < 1.29 is 45.8 Å². The molecular weight excluding hydrogens is 840 g/mol. The van der Waals surface area contributed by atoms with Gasteiger partial charge in [0, 0.05) is 22.1 Å². The molecule has 56 heavy (non-hydrogen) atoms. The molecule has 0 fully saturated rings. The third-order valence-corrected chi connectivity index (χ3v) is 9.75. The minimum absolute atomic E-state index is 0. The summed E-state index contributed by atoms with van der Waals surface area (Å²) in [6.07, 6.45) is -0.511. The molecule has 0 spiro atoms. The van der Waals surface area contributed by atoms with Crippen LogP contribution in [-0.2, 0) is 38.3 Å². The number of rotatable bonds is 11. The maximum absolute atomic E-state index is 13.1. The number of halogens is 6. The maximum Gasteiger partial charge on any atom is 2.00 e. The van der Waals surface area contributed by atoms with Crippen molar-refractivity contribution >= 4 is 11.3 Å². The van der Waals surface area contributed by atoms with Gasteiger partial charge in [0.05, 0.1) is 34.2 Å². The van der Waals surface area contributed by atoms with Crippen LogP contribution in [-0.4, -0.2) is 30.1 Å². The van der Waals surface area contributed by atoms with Crippen LogP contribution in [0.3, 0.4) is 0 Å². The molecule has 8 nitrogen and oxygen atoms in total. The molecule has 0 aliphatic carbocycles. The molecule has 0 saturated carbocycles. The number of hydrogen-bond donors (Lipinski definition) is 0. The zero-order chi connectivity index (χ0) is 39.0. The molecule has 1 atom stereocenters. The van der Waals surface area contributed by atoms with E-state index in [-0.39, 0.29) is 42.3 Å². The van der Waals surface area contributed by atoms with E-state index in [1.54, 1.807) is 24.5 Å². The van der Waals surface area contributed by atoms with Crippen molar-refractivity contribution in [1.29, 1.82) is 0 Å². The molecule has 7 aromatic heterocycles. The third-order valence-electron chi connectivity index (χ3n) is 8.59. The molecule has 0 bridgehead atoms. The van der Waals surface area contributed by atoms with E-state index in [4.69, 9.17) is 0 Å². The van der Waals surface area contributed by atoms with Crippen LogP contribution in [0.1, 0.15) is 55.8 Å². The minimum atomic E-state index is -4.69. The van der Waals surface area contributed by atoms with Gasteiger partial charge in [-0.15, -0.1) is 11.3 Å². The first-order chi connectivity index (χ1) is 26.4. The molecule has 0 aliphatic rings. The Morgan fingerprint density at radius 3 is 1.59 bits per heavy atom. The van der Waals surface area contributed by atoms with Crippen LogP contribution in [0.15, 0.2) is 103 Å². The van der Waals surface area contributed by atoms with Crippen molar-refractivity contribution in [3.05, 3.63) is 120 Å². The summed E-state index contributed by atoms with van der Waals surface area (Å²) in [5.74, 6) is 0.538. The van der Waals surface area contributed by atoms with Crippen LogP contribution < -0.4 is 10.2 Å². The van der Waals surface area contributed by atoms with Crippen LogP contribution in [0.4, 0.5) is 26.3 Å². The van der Waals surface area contributed by atoms with E-state index in [0.717, 1.165) is 76.8 Å². The van der Waals surface area contributed by atoms with E-state index in [0.29, 0.717) is 11.5 Å². The Morgan fingerprint density at radius 2 is 1.14 bits per heavy atom. The van der Waals surface area contributed by atoms with Crippen molar-refractivity contribution in [1.82, 2.24) is 40.3 Å². The van der Waals surface area contributed by atoms with Gasteiger partial charge in [0.25, 0.3) is 0 Å². The Kier molecular flexibility index (Phi) is 14.1. The smallest absolute Gasteiger partial charge is 0.573 e. The summed E-state index contributed by atoms with van der Waals surface area (Å²) < 4.78 is 78.5. The Labute approximate surface area is 336 Å².